The van der Waals surface area contributed by atoms with Crippen LogP contribution in [0.3, 0.4) is 0 Å². The predicted octanol–water partition coefficient (Wildman–Crippen LogP) is 7.80. The molecule has 0 spiro atoms. The average Bonchev–Trinajstić information content (AvgIpc) is 3.39. The number of carbonyl (C=O) groups excluding carboxylic acids is 1. The Bertz CT molecular complexity index is 1330. The van der Waals surface area contributed by atoms with Crippen LogP contribution in [0.2, 0.25) is 8.67 Å². The highest BCUT2D eigenvalue weighted by Crippen LogP contribution is 2.61. The van der Waals surface area contributed by atoms with Crippen LogP contribution in [-0.2, 0) is 4.79 Å². The van der Waals surface area contributed by atoms with Gasteiger partial charge in [-0.05, 0) is 41.7 Å². The van der Waals surface area contributed by atoms with Crippen molar-refractivity contribution in [1.29, 1.82) is 0 Å². The molecule has 160 valence electrons. The SMILES string of the molecule is CC1(C(=O)Nc2nc(-c3cc(Cl)sc3Cl)cs2)CC2c3ccccc3C1c1ccccc12. The minimum atomic E-state index is -0.567. The molecule has 1 N–H and O–H groups in total. The number of anilines is 1. The van der Waals surface area contributed by atoms with Crippen LogP contribution in [0, 0.1) is 5.41 Å². The molecule has 0 aliphatic heterocycles. The van der Waals surface area contributed by atoms with Crippen LogP contribution >= 0.6 is 45.9 Å². The van der Waals surface area contributed by atoms with Gasteiger partial charge in [-0.3, -0.25) is 4.79 Å². The number of thiophene rings is 1. The molecule has 1 amide bonds. The Labute approximate surface area is 204 Å². The number of benzene rings is 2. The van der Waals surface area contributed by atoms with Crippen molar-refractivity contribution >= 4 is 56.9 Å². The second-order valence-corrected chi connectivity index (χ2v) is 11.7. The van der Waals surface area contributed by atoms with Crippen molar-refractivity contribution in [2.24, 2.45) is 5.41 Å². The second-order valence-electron chi connectivity index (χ2n) is 8.59. The molecule has 3 aliphatic rings. The number of thiazole rings is 1. The highest BCUT2D eigenvalue weighted by Gasteiger charge is 2.53. The predicted molar refractivity (Wildman–Crippen MR) is 133 cm³/mol. The van der Waals surface area contributed by atoms with E-state index in [0.717, 1.165) is 17.7 Å². The van der Waals surface area contributed by atoms with Gasteiger partial charge >= 0.3 is 0 Å². The van der Waals surface area contributed by atoms with E-state index in [2.05, 4.69) is 65.8 Å². The summed E-state index contributed by atoms with van der Waals surface area (Å²) in [6.07, 6.45) is 0.779. The van der Waals surface area contributed by atoms with Gasteiger partial charge in [-0.15, -0.1) is 22.7 Å². The zero-order valence-electron chi connectivity index (χ0n) is 17.1. The van der Waals surface area contributed by atoms with Crippen molar-refractivity contribution in [3.05, 3.63) is 90.9 Å². The van der Waals surface area contributed by atoms with Gasteiger partial charge in [0.15, 0.2) is 5.13 Å². The first kappa shape index (κ1) is 20.4. The third-order valence-corrected chi connectivity index (χ3v) is 9.05. The zero-order chi connectivity index (χ0) is 22.0. The summed E-state index contributed by atoms with van der Waals surface area (Å²) in [5, 5.41) is 5.59. The summed E-state index contributed by atoms with van der Waals surface area (Å²) in [5.41, 5.74) is 6.18. The molecule has 32 heavy (non-hydrogen) atoms. The molecule has 2 aromatic heterocycles. The van der Waals surface area contributed by atoms with Gasteiger partial charge < -0.3 is 5.32 Å². The van der Waals surface area contributed by atoms with Crippen LogP contribution in [0.5, 0.6) is 0 Å². The summed E-state index contributed by atoms with van der Waals surface area (Å²) in [5.74, 6) is 0.248. The number of fused-ring (bicyclic) bond motifs is 1. The summed E-state index contributed by atoms with van der Waals surface area (Å²) in [7, 11) is 0. The fraction of sp³-hybridized carbons (Fsp3) is 0.200. The second kappa shape index (κ2) is 7.42. The van der Waals surface area contributed by atoms with E-state index in [9.17, 15) is 4.79 Å². The van der Waals surface area contributed by atoms with Gasteiger partial charge in [0.2, 0.25) is 5.91 Å². The summed E-state index contributed by atoms with van der Waals surface area (Å²) in [6, 6.07) is 18.9. The van der Waals surface area contributed by atoms with E-state index in [1.54, 1.807) is 0 Å². The van der Waals surface area contributed by atoms with Crippen molar-refractivity contribution in [2.45, 2.75) is 25.2 Å². The first-order chi connectivity index (χ1) is 15.5. The number of nitrogens with one attached hydrogen (secondary N) is 1. The van der Waals surface area contributed by atoms with Gasteiger partial charge in [0.05, 0.1) is 15.4 Å². The normalized spacial score (nSPS) is 23.0. The molecular formula is C25H18Cl2N2OS2. The lowest BCUT2D eigenvalue weighted by Crippen LogP contribution is -2.47. The molecule has 0 saturated heterocycles. The maximum absolute atomic E-state index is 13.7. The maximum atomic E-state index is 13.7. The Kier molecular flexibility index (Phi) is 4.74. The van der Waals surface area contributed by atoms with Crippen LogP contribution < -0.4 is 5.32 Å². The number of halogens is 2. The largest absolute Gasteiger partial charge is 0.301 e. The van der Waals surface area contributed by atoms with Gasteiger partial charge in [-0.1, -0.05) is 71.7 Å². The maximum Gasteiger partial charge on any atom is 0.233 e. The Morgan fingerprint density at radius 3 is 2.28 bits per heavy atom. The minimum absolute atomic E-state index is 0.00635. The van der Waals surface area contributed by atoms with Crippen molar-refractivity contribution in [2.75, 3.05) is 5.32 Å². The van der Waals surface area contributed by atoms with E-state index in [0.29, 0.717) is 13.8 Å². The highest BCUT2D eigenvalue weighted by molar-refractivity contribution is 7.20. The van der Waals surface area contributed by atoms with Crippen LogP contribution in [0.15, 0.2) is 60.0 Å². The fourth-order valence-electron chi connectivity index (χ4n) is 5.40. The lowest BCUT2D eigenvalue weighted by molar-refractivity contribution is -0.126. The average molecular weight is 497 g/mol. The van der Waals surface area contributed by atoms with E-state index in [1.807, 2.05) is 11.4 Å². The molecule has 3 nitrogen and oxygen atoms in total. The van der Waals surface area contributed by atoms with Crippen molar-refractivity contribution in [3.63, 3.8) is 0 Å². The van der Waals surface area contributed by atoms with Crippen molar-refractivity contribution < 1.29 is 4.79 Å². The number of amides is 1. The van der Waals surface area contributed by atoms with E-state index >= 15 is 0 Å². The summed E-state index contributed by atoms with van der Waals surface area (Å²) in [6.45, 7) is 2.09. The van der Waals surface area contributed by atoms with Crippen LogP contribution in [0.1, 0.15) is 47.4 Å². The third-order valence-electron chi connectivity index (χ3n) is 6.81. The van der Waals surface area contributed by atoms with E-state index in [4.69, 9.17) is 23.2 Å². The van der Waals surface area contributed by atoms with Gasteiger partial charge in [-0.2, -0.15) is 0 Å². The Balaban J connectivity index is 1.36. The van der Waals surface area contributed by atoms with Crippen LogP contribution in [0.25, 0.3) is 11.3 Å². The van der Waals surface area contributed by atoms with Gasteiger partial charge in [0.25, 0.3) is 0 Å². The first-order valence-corrected chi connectivity index (χ1v) is 12.8. The number of hydrogen-bond acceptors (Lipinski definition) is 4. The van der Waals surface area contributed by atoms with Gasteiger partial charge in [-0.25, -0.2) is 4.98 Å². The van der Waals surface area contributed by atoms with Crippen molar-refractivity contribution in [3.8, 4) is 11.3 Å². The molecular weight excluding hydrogens is 479 g/mol. The Hall–Kier alpha value is -2.18. The monoisotopic (exact) mass is 496 g/mol. The molecule has 2 aromatic carbocycles. The molecule has 1 atom stereocenters. The molecule has 0 fully saturated rings. The molecule has 0 saturated carbocycles. The van der Waals surface area contributed by atoms with Crippen LogP contribution in [0.4, 0.5) is 5.13 Å². The number of rotatable bonds is 3. The molecule has 1 unspecified atom stereocenters. The van der Waals surface area contributed by atoms with Gasteiger partial charge in [0, 0.05) is 22.8 Å². The molecule has 4 aromatic rings. The molecule has 2 heterocycles. The Morgan fingerprint density at radius 2 is 1.69 bits per heavy atom. The van der Waals surface area contributed by atoms with Crippen LogP contribution in [-0.4, -0.2) is 10.9 Å². The number of carbonyl (C=O) groups is 1. The molecule has 3 aliphatic carbocycles. The van der Waals surface area contributed by atoms with E-state index < -0.39 is 5.41 Å². The highest BCUT2D eigenvalue weighted by atomic mass is 35.5. The summed E-state index contributed by atoms with van der Waals surface area (Å²) in [4.78, 5) is 18.3. The standard InChI is InChI=1S/C25H18Cl2N2OS2/c1-25(23(30)29-24-28-19(12-31-24)17-10-20(26)32-22(17)27)11-18-13-6-2-4-8-15(13)21(25)16-9-5-3-7-14(16)18/h2-10,12,18,21H,11H2,1H3,(H,28,29,30). The number of hydrogen-bond donors (Lipinski definition) is 1. The molecule has 2 bridgehead atoms. The smallest absolute Gasteiger partial charge is 0.233 e. The zero-order valence-corrected chi connectivity index (χ0v) is 20.2. The van der Waals surface area contributed by atoms with Crippen molar-refractivity contribution in [1.82, 2.24) is 4.98 Å². The lowest BCUT2D eigenvalue weighted by atomic mass is 9.52. The summed E-state index contributed by atoms with van der Waals surface area (Å²) < 4.78 is 1.22. The minimum Gasteiger partial charge on any atom is -0.301 e. The lowest BCUT2D eigenvalue weighted by Gasteiger charge is -2.50. The summed E-state index contributed by atoms with van der Waals surface area (Å²) >= 11 is 15.1. The fourth-order valence-corrected chi connectivity index (χ4v) is 7.59. The Morgan fingerprint density at radius 1 is 1.06 bits per heavy atom. The topological polar surface area (TPSA) is 42.0 Å². The molecule has 7 rings (SSSR count). The first-order valence-electron chi connectivity index (χ1n) is 10.4. The number of aromatic nitrogens is 1. The molecule has 0 radical (unpaired) electrons. The van der Waals surface area contributed by atoms with E-state index in [-0.39, 0.29) is 17.7 Å². The van der Waals surface area contributed by atoms with Gasteiger partial charge in [0.1, 0.15) is 4.34 Å². The number of nitrogens with zero attached hydrogens (tertiary/aromatic N) is 1. The third kappa shape index (κ3) is 2.99. The molecule has 7 heteroatoms. The quantitative estimate of drug-likeness (QED) is 0.314. The van der Waals surface area contributed by atoms with E-state index in [1.165, 1.54) is 44.9 Å².